The number of esters is 1. The number of nitrogens with zero attached hydrogens (tertiary/aromatic N) is 3. The zero-order valence-corrected chi connectivity index (χ0v) is 23.2. The highest BCUT2D eigenvalue weighted by molar-refractivity contribution is 6.05. The Kier molecular flexibility index (Phi) is 10.8. The Balaban J connectivity index is 0.000000269. The summed E-state index contributed by atoms with van der Waals surface area (Å²) in [5, 5.41) is 22.4. The first kappa shape index (κ1) is 32.8. The SMILES string of the molecule is CC(NC(=O)c1ccc2[nH]ncc2c1)(C(=O)O)N(C(N)=O)c1ccccc1.O=C(OCCCNc1ccccn1)C(F)(F)F. The number of pyridine rings is 1. The minimum absolute atomic E-state index is 0.217. The number of para-hydroxylation sites is 1. The number of urea groups is 1. The number of hydrogen-bond acceptors (Lipinski definition) is 8. The smallest absolute Gasteiger partial charge is 0.478 e. The van der Waals surface area contributed by atoms with Crippen molar-refractivity contribution in [3.8, 4) is 0 Å². The van der Waals surface area contributed by atoms with Gasteiger partial charge in [-0.1, -0.05) is 24.3 Å². The average molecular weight is 616 g/mol. The lowest BCUT2D eigenvalue weighted by atomic mass is 10.1. The van der Waals surface area contributed by atoms with Crippen molar-refractivity contribution >= 4 is 46.3 Å². The number of carbonyl (C=O) groups is 4. The summed E-state index contributed by atoms with van der Waals surface area (Å²) >= 11 is 0. The van der Waals surface area contributed by atoms with Crippen molar-refractivity contribution in [1.82, 2.24) is 20.5 Å². The number of H-pyrrole nitrogens is 1. The number of carboxylic acids is 1. The second kappa shape index (κ2) is 14.5. The van der Waals surface area contributed by atoms with E-state index in [0.29, 0.717) is 17.7 Å². The number of aromatic amines is 1. The molecule has 2 aromatic heterocycles. The van der Waals surface area contributed by atoms with E-state index in [0.717, 1.165) is 10.4 Å². The number of aliphatic carboxylic acids is 1. The molecule has 13 nitrogen and oxygen atoms in total. The van der Waals surface area contributed by atoms with E-state index in [1.807, 2.05) is 0 Å². The van der Waals surface area contributed by atoms with Gasteiger partial charge in [0.1, 0.15) is 5.82 Å². The Morgan fingerprint density at radius 3 is 2.36 bits per heavy atom. The summed E-state index contributed by atoms with van der Waals surface area (Å²) in [5.74, 6) is -3.65. The van der Waals surface area contributed by atoms with E-state index in [-0.39, 0.29) is 24.3 Å². The molecule has 1 unspecified atom stereocenters. The van der Waals surface area contributed by atoms with Crippen molar-refractivity contribution in [2.45, 2.75) is 25.2 Å². The lowest BCUT2D eigenvalue weighted by molar-refractivity contribution is -0.199. The molecule has 0 fully saturated rings. The van der Waals surface area contributed by atoms with Gasteiger partial charge in [0.05, 0.1) is 18.3 Å². The molecule has 0 aliphatic carbocycles. The number of carboxylic acid groups (broad SMARTS) is 1. The number of nitrogens with two attached hydrogens (primary N) is 1. The maximum atomic E-state index is 12.7. The molecular weight excluding hydrogens is 587 g/mol. The third-order valence-electron chi connectivity index (χ3n) is 5.91. The summed E-state index contributed by atoms with van der Waals surface area (Å²) < 4.78 is 39.2. The van der Waals surface area contributed by atoms with Crippen LogP contribution in [0.4, 0.5) is 29.5 Å². The van der Waals surface area contributed by atoms with Crippen molar-refractivity contribution in [3.05, 3.63) is 84.7 Å². The second-order valence-electron chi connectivity index (χ2n) is 9.14. The van der Waals surface area contributed by atoms with Crippen LogP contribution in [0.25, 0.3) is 10.9 Å². The van der Waals surface area contributed by atoms with Crippen LogP contribution in [-0.2, 0) is 14.3 Å². The molecule has 0 saturated carbocycles. The first-order valence-electron chi connectivity index (χ1n) is 12.9. The minimum atomic E-state index is -4.92. The summed E-state index contributed by atoms with van der Waals surface area (Å²) in [7, 11) is 0. The molecule has 16 heteroatoms. The molecule has 4 aromatic rings. The fourth-order valence-electron chi connectivity index (χ4n) is 3.77. The van der Waals surface area contributed by atoms with E-state index in [1.54, 1.807) is 60.9 Å². The normalized spacial score (nSPS) is 12.2. The highest BCUT2D eigenvalue weighted by atomic mass is 19.4. The number of amides is 3. The predicted molar refractivity (Wildman–Crippen MR) is 152 cm³/mol. The van der Waals surface area contributed by atoms with Crippen LogP contribution in [0.3, 0.4) is 0 Å². The number of primary amides is 1. The number of rotatable bonds is 10. The lowest BCUT2D eigenvalue weighted by Crippen LogP contribution is -2.66. The molecule has 0 aliphatic rings. The van der Waals surface area contributed by atoms with Gasteiger partial charge in [-0.15, -0.1) is 0 Å². The van der Waals surface area contributed by atoms with E-state index in [1.165, 1.54) is 25.1 Å². The Bertz CT molecular complexity index is 1580. The van der Waals surface area contributed by atoms with Crippen LogP contribution in [0.5, 0.6) is 0 Å². The summed E-state index contributed by atoms with van der Waals surface area (Å²) in [5.41, 5.74) is 4.51. The predicted octanol–water partition coefficient (Wildman–Crippen LogP) is 3.67. The number of carbonyl (C=O) groups excluding carboxylic acids is 3. The zero-order chi connectivity index (χ0) is 32.3. The van der Waals surface area contributed by atoms with Gasteiger partial charge in [0.25, 0.3) is 5.91 Å². The van der Waals surface area contributed by atoms with Gasteiger partial charge in [-0.2, -0.15) is 18.3 Å². The van der Waals surface area contributed by atoms with Gasteiger partial charge < -0.3 is 26.2 Å². The van der Waals surface area contributed by atoms with E-state index in [4.69, 9.17) is 5.73 Å². The molecule has 0 radical (unpaired) electrons. The van der Waals surface area contributed by atoms with Gasteiger partial charge in [-0.05, 0) is 55.8 Å². The van der Waals surface area contributed by atoms with Crippen LogP contribution < -0.4 is 21.3 Å². The number of hydrogen-bond donors (Lipinski definition) is 5. The van der Waals surface area contributed by atoms with Crippen molar-refractivity contribution in [2.75, 3.05) is 23.4 Å². The Morgan fingerprint density at radius 1 is 1.05 bits per heavy atom. The van der Waals surface area contributed by atoms with Crippen molar-refractivity contribution < 1.29 is 42.2 Å². The van der Waals surface area contributed by atoms with Crippen LogP contribution in [0.1, 0.15) is 23.7 Å². The molecule has 1 atom stereocenters. The fourth-order valence-corrected chi connectivity index (χ4v) is 3.77. The van der Waals surface area contributed by atoms with E-state index in [2.05, 4.69) is 30.6 Å². The van der Waals surface area contributed by atoms with Gasteiger partial charge in [-0.3, -0.25) is 14.8 Å². The van der Waals surface area contributed by atoms with E-state index < -0.39 is 35.7 Å². The third kappa shape index (κ3) is 8.67. The van der Waals surface area contributed by atoms with E-state index in [9.17, 15) is 37.5 Å². The van der Waals surface area contributed by atoms with Gasteiger partial charge >= 0.3 is 24.1 Å². The molecule has 0 saturated heterocycles. The van der Waals surface area contributed by atoms with Crippen molar-refractivity contribution in [2.24, 2.45) is 5.73 Å². The van der Waals surface area contributed by atoms with Crippen LogP contribution >= 0.6 is 0 Å². The monoisotopic (exact) mass is 615 g/mol. The van der Waals surface area contributed by atoms with Gasteiger partial charge in [0.2, 0.25) is 5.66 Å². The zero-order valence-electron chi connectivity index (χ0n) is 23.2. The maximum Gasteiger partial charge on any atom is 0.490 e. The number of alkyl halides is 3. The summed E-state index contributed by atoms with van der Waals surface area (Å²) in [6, 6.07) is 17.0. The van der Waals surface area contributed by atoms with Gasteiger partial charge in [0, 0.05) is 29.4 Å². The standard InChI is InChI=1S/C18H17N5O4.C10H11F3N2O2/c1-18(16(25)26,23(17(19)27)13-5-3-2-4-6-13)21-15(24)11-7-8-14-12(9-11)10-20-22-14;11-10(12,13)9(16)17-7-3-6-15-8-4-1-2-5-14-8/h2-10H,1H3,(H2,19,27)(H,20,22)(H,21,24)(H,25,26);1-2,4-5H,3,6-7H2,(H,14,15). The molecule has 0 aliphatic heterocycles. The largest absolute Gasteiger partial charge is 0.490 e. The molecule has 44 heavy (non-hydrogen) atoms. The summed E-state index contributed by atoms with van der Waals surface area (Å²) in [6.07, 6.45) is -1.51. The van der Waals surface area contributed by atoms with E-state index >= 15 is 0 Å². The number of ether oxygens (including phenoxy) is 1. The molecule has 2 heterocycles. The van der Waals surface area contributed by atoms with Crippen LogP contribution in [0.15, 0.2) is 79.1 Å². The molecular formula is C28H28F3N7O6. The Labute approximate surface area is 248 Å². The molecule has 2 aromatic carbocycles. The van der Waals surface area contributed by atoms with Crippen LogP contribution in [0.2, 0.25) is 0 Å². The molecule has 6 N–H and O–H groups in total. The molecule has 3 amide bonds. The Morgan fingerprint density at radius 2 is 1.75 bits per heavy atom. The number of halogens is 3. The number of aromatic nitrogens is 3. The van der Waals surface area contributed by atoms with Gasteiger partial charge in [-0.25, -0.2) is 19.4 Å². The third-order valence-corrected chi connectivity index (χ3v) is 5.91. The quantitative estimate of drug-likeness (QED) is 0.101. The highest BCUT2D eigenvalue weighted by Crippen LogP contribution is 2.24. The summed E-state index contributed by atoms with van der Waals surface area (Å²) in [6.45, 7) is 1.29. The van der Waals surface area contributed by atoms with Crippen LogP contribution in [-0.4, -0.2) is 69.2 Å². The number of benzene rings is 2. The molecule has 0 bridgehead atoms. The number of nitrogens with one attached hydrogen (secondary N) is 3. The molecule has 0 spiro atoms. The first-order valence-corrected chi connectivity index (χ1v) is 12.9. The lowest BCUT2D eigenvalue weighted by Gasteiger charge is -2.37. The minimum Gasteiger partial charge on any atom is -0.478 e. The summed E-state index contributed by atoms with van der Waals surface area (Å²) in [4.78, 5) is 51.8. The van der Waals surface area contributed by atoms with Crippen LogP contribution in [0, 0.1) is 0 Å². The average Bonchev–Trinajstić information content (AvgIpc) is 3.46. The molecule has 232 valence electrons. The van der Waals surface area contributed by atoms with Gasteiger partial charge in [0.15, 0.2) is 0 Å². The Hall–Kier alpha value is -5.67. The second-order valence-corrected chi connectivity index (χ2v) is 9.14. The highest BCUT2D eigenvalue weighted by Gasteiger charge is 2.44. The first-order chi connectivity index (χ1) is 20.8. The number of fused-ring (bicyclic) bond motifs is 1. The maximum absolute atomic E-state index is 12.7. The topological polar surface area (TPSA) is 193 Å². The number of anilines is 2. The molecule has 4 rings (SSSR count). The van der Waals surface area contributed by atoms with Crippen molar-refractivity contribution in [1.29, 1.82) is 0 Å². The van der Waals surface area contributed by atoms with Crippen molar-refractivity contribution in [3.63, 3.8) is 0 Å². The fraction of sp³-hybridized carbons (Fsp3) is 0.214.